The summed E-state index contributed by atoms with van der Waals surface area (Å²) in [5, 5.41) is -0.635. The number of ether oxygens (including phenoxy) is 2. The Kier molecular flexibility index (Phi) is 10.7. The number of carbonyl (C=O) groups is 4. The van der Waals surface area contributed by atoms with Crippen LogP contribution in [0.15, 0.2) is 24.3 Å². The van der Waals surface area contributed by atoms with Crippen molar-refractivity contribution in [2.24, 2.45) is 34.5 Å². The second-order valence-electron chi connectivity index (χ2n) is 17.9. The van der Waals surface area contributed by atoms with Gasteiger partial charge < -0.3 is 14.4 Å². The Balaban J connectivity index is 1.28. The third kappa shape index (κ3) is 8.02. The van der Waals surface area contributed by atoms with Gasteiger partial charge in [-0.05, 0) is 74.3 Å². The zero-order valence-electron chi connectivity index (χ0n) is 32.9. The maximum Gasteiger partial charge on any atom is 0.306 e. The Morgan fingerprint density at radius 1 is 0.982 bits per heavy atom. The van der Waals surface area contributed by atoms with E-state index in [9.17, 15) is 27.6 Å². The molecule has 8 atom stereocenters. The number of ketones is 1. The van der Waals surface area contributed by atoms with Crippen LogP contribution in [0.1, 0.15) is 117 Å². The molecule has 3 heterocycles. The van der Waals surface area contributed by atoms with Gasteiger partial charge >= 0.3 is 5.97 Å². The van der Waals surface area contributed by atoms with Crippen LogP contribution in [-0.4, -0.2) is 76.9 Å². The van der Waals surface area contributed by atoms with Gasteiger partial charge in [0.2, 0.25) is 27.7 Å². The van der Waals surface area contributed by atoms with Crippen molar-refractivity contribution in [1.82, 2.24) is 19.6 Å². The maximum atomic E-state index is 16.2. The molecule has 56 heavy (non-hydrogen) atoms. The largest absolute Gasteiger partial charge is 0.471 e. The Hall–Kier alpha value is -3.75. The van der Waals surface area contributed by atoms with Crippen LogP contribution in [0.4, 0.5) is 8.78 Å². The fourth-order valence-electron chi connectivity index (χ4n) is 9.06. The molecule has 1 aromatic carbocycles. The number of halogens is 2. The molecule has 2 amide bonds. The first-order valence-corrected chi connectivity index (χ1v) is 21.8. The minimum absolute atomic E-state index is 0.0550. The van der Waals surface area contributed by atoms with Crippen molar-refractivity contribution in [3.8, 4) is 5.88 Å². The molecular formula is C41H54F2N4O8S. The first-order valence-electron chi connectivity index (χ1n) is 20.3. The highest BCUT2D eigenvalue weighted by Gasteiger charge is 2.63. The standard InChI is InChI=1S/C41H54F2N4O8S/c1-6-24-20-40(24,38(51)46-56(52,53)25-15-16-25)21-30(48)34-26(7-2)32-22-47(34)37(50)27(39(3,4)5)19-33(49)54-31-18-23(31)12-10-11-17-41(42,43)35-36(55-32)45-29-14-9-8-13-28(29)44-35/h8-9,13-14,23-27,31-32,34H,6-7,10-12,15-22H2,1-5H3,(H,46,51)/t23-,24-,26-,27-,31-,32+,34+,40-/m1/s1. The monoisotopic (exact) mass is 800 g/mol. The third-order valence-electron chi connectivity index (χ3n) is 12.9. The molecule has 1 saturated heterocycles. The van der Waals surface area contributed by atoms with Crippen molar-refractivity contribution in [2.75, 3.05) is 6.54 Å². The summed E-state index contributed by atoms with van der Waals surface area (Å²) in [4.78, 5) is 67.2. The molecule has 15 heteroatoms. The van der Waals surface area contributed by atoms with Gasteiger partial charge in [0.05, 0.1) is 46.6 Å². The summed E-state index contributed by atoms with van der Waals surface area (Å²) in [5.41, 5.74) is -2.02. The number of amides is 2. The average molecular weight is 801 g/mol. The minimum Gasteiger partial charge on any atom is -0.471 e. The van der Waals surface area contributed by atoms with Crippen LogP contribution in [0, 0.1) is 34.5 Å². The van der Waals surface area contributed by atoms with Gasteiger partial charge in [0.1, 0.15) is 12.2 Å². The molecule has 4 fully saturated rings. The molecule has 2 aliphatic heterocycles. The Morgan fingerprint density at radius 2 is 1.68 bits per heavy atom. The van der Waals surface area contributed by atoms with Gasteiger partial charge in [0.25, 0.3) is 5.92 Å². The number of nitrogens with zero attached hydrogens (tertiary/aromatic N) is 3. The van der Waals surface area contributed by atoms with Gasteiger partial charge in [-0.3, -0.25) is 23.9 Å². The molecule has 0 spiro atoms. The van der Waals surface area contributed by atoms with Gasteiger partial charge in [-0.15, -0.1) is 0 Å². The predicted octanol–water partition coefficient (Wildman–Crippen LogP) is 6.25. The smallest absolute Gasteiger partial charge is 0.306 e. The molecule has 5 aliphatic rings. The number of esters is 1. The number of alkyl halides is 2. The molecule has 1 aromatic heterocycles. The zero-order valence-corrected chi connectivity index (χ0v) is 33.7. The van der Waals surface area contributed by atoms with Crippen LogP contribution in [0.5, 0.6) is 5.88 Å². The first kappa shape index (κ1) is 40.4. The van der Waals surface area contributed by atoms with E-state index in [4.69, 9.17) is 9.47 Å². The number of fused-ring (bicyclic) bond motifs is 5. The topological polar surface area (TPSA) is 162 Å². The minimum atomic E-state index is -3.89. The van der Waals surface area contributed by atoms with E-state index >= 15 is 8.78 Å². The fraction of sp³-hybridized carbons (Fsp3) is 0.707. The van der Waals surface area contributed by atoms with Gasteiger partial charge in [-0.25, -0.2) is 18.4 Å². The highest BCUT2D eigenvalue weighted by molar-refractivity contribution is 7.90. The summed E-state index contributed by atoms with van der Waals surface area (Å²) in [5.74, 6) is -7.81. The number of hydrogen-bond donors (Lipinski definition) is 1. The van der Waals surface area contributed by atoms with Crippen molar-refractivity contribution >= 4 is 44.6 Å². The first-order chi connectivity index (χ1) is 26.4. The Bertz CT molecular complexity index is 2000. The van der Waals surface area contributed by atoms with Gasteiger partial charge in [0, 0.05) is 18.8 Å². The van der Waals surface area contributed by atoms with E-state index in [1.807, 2.05) is 34.6 Å². The molecule has 0 unspecified atom stereocenters. The van der Waals surface area contributed by atoms with E-state index in [2.05, 4.69) is 14.7 Å². The van der Waals surface area contributed by atoms with E-state index in [0.717, 1.165) is 0 Å². The normalized spacial score (nSPS) is 32.3. The van der Waals surface area contributed by atoms with Crippen molar-refractivity contribution < 1.29 is 45.9 Å². The zero-order chi connectivity index (χ0) is 40.4. The highest BCUT2D eigenvalue weighted by Crippen LogP contribution is 2.58. The summed E-state index contributed by atoms with van der Waals surface area (Å²) >= 11 is 0. The van der Waals surface area contributed by atoms with E-state index in [1.165, 1.54) is 4.90 Å². The molecule has 2 aromatic rings. The van der Waals surface area contributed by atoms with Crippen molar-refractivity contribution in [1.29, 1.82) is 0 Å². The SMILES string of the molecule is CC[C@@H]1[C@@H]2CN(C(=O)[C@H](C(C)(C)C)CC(=O)O[C@@H]3C[C@H]3CCCCC(F)(F)c3nc4ccccc4nc3O2)[C@@H]1C(=O)C[C@]1(C(=O)NS(=O)(=O)C2CC2)C[C@H]1CC. The molecule has 306 valence electrons. The maximum absolute atomic E-state index is 16.2. The van der Waals surface area contributed by atoms with Crippen LogP contribution in [0.25, 0.3) is 11.0 Å². The van der Waals surface area contributed by atoms with Crippen LogP contribution < -0.4 is 9.46 Å². The molecule has 7 rings (SSSR count). The number of carbonyl (C=O) groups excluding carboxylic acids is 4. The van der Waals surface area contributed by atoms with Crippen LogP contribution in [0.2, 0.25) is 0 Å². The van der Waals surface area contributed by atoms with Gasteiger partial charge in [-0.2, -0.15) is 8.78 Å². The van der Waals surface area contributed by atoms with Crippen molar-refractivity contribution in [3.05, 3.63) is 30.0 Å². The number of nitrogens with one attached hydrogen (secondary N) is 1. The lowest BCUT2D eigenvalue weighted by Gasteiger charge is -2.35. The molecule has 3 aliphatic carbocycles. The van der Waals surface area contributed by atoms with Crippen LogP contribution in [0.3, 0.4) is 0 Å². The molecule has 12 nitrogen and oxygen atoms in total. The van der Waals surface area contributed by atoms with E-state index in [-0.39, 0.29) is 61.6 Å². The van der Waals surface area contributed by atoms with E-state index in [1.54, 1.807) is 24.3 Å². The molecule has 1 N–H and O–H groups in total. The summed E-state index contributed by atoms with van der Waals surface area (Å²) in [6.45, 7) is 9.02. The number of Topliss-reactive ketones (excluding diaryl/α,β-unsaturated/α-hetero) is 1. The number of sulfonamides is 1. The second kappa shape index (κ2) is 14.9. The van der Waals surface area contributed by atoms with E-state index < -0.39 is 91.7 Å². The number of hydrogen-bond acceptors (Lipinski definition) is 10. The molecule has 3 saturated carbocycles. The second-order valence-corrected chi connectivity index (χ2v) is 19.9. The summed E-state index contributed by atoms with van der Waals surface area (Å²) in [6, 6.07) is 5.50. The van der Waals surface area contributed by atoms with Crippen LogP contribution >= 0.6 is 0 Å². The van der Waals surface area contributed by atoms with Crippen LogP contribution in [-0.2, 0) is 39.9 Å². The lowest BCUT2D eigenvalue weighted by molar-refractivity contribution is -0.154. The number of aromatic nitrogens is 2. The van der Waals surface area contributed by atoms with Crippen molar-refractivity contribution in [3.63, 3.8) is 0 Å². The quantitative estimate of drug-likeness (QED) is 0.302. The third-order valence-corrected chi connectivity index (χ3v) is 14.7. The summed E-state index contributed by atoms with van der Waals surface area (Å²) in [7, 11) is -3.89. The van der Waals surface area contributed by atoms with Gasteiger partial charge in [-0.1, -0.05) is 59.6 Å². The van der Waals surface area contributed by atoms with E-state index in [0.29, 0.717) is 50.5 Å². The van der Waals surface area contributed by atoms with Gasteiger partial charge in [0.15, 0.2) is 11.5 Å². The summed E-state index contributed by atoms with van der Waals surface area (Å²) in [6.07, 6.45) is 1.62. The highest BCUT2D eigenvalue weighted by atomic mass is 32.2. The molecule has 0 radical (unpaired) electrons. The number of benzene rings is 1. The average Bonchev–Trinajstić information content (AvgIpc) is 4.05. The number of para-hydroxylation sites is 2. The lowest BCUT2D eigenvalue weighted by Crippen LogP contribution is -2.50. The number of rotatable bonds is 8. The molecule has 2 bridgehead atoms. The predicted molar refractivity (Wildman–Crippen MR) is 202 cm³/mol. The van der Waals surface area contributed by atoms with Crippen molar-refractivity contribution in [2.45, 2.75) is 141 Å². The lowest BCUT2D eigenvalue weighted by atomic mass is 9.77. The Morgan fingerprint density at radius 3 is 2.30 bits per heavy atom. The molecular weight excluding hydrogens is 747 g/mol. The summed E-state index contributed by atoms with van der Waals surface area (Å²) < 4.78 is 72.7. The Labute approximate surface area is 327 Å². The fourth-order valence-corrected chi connectivity index (χ4v) is 10.4.